The minimum absolute atomic E-state index is 0.172. The number of aliphatic hydroxyl groups excluding tert-OH is 2. The average molecular weight is 492 g/mol. The van der Waals surface area contributed by atoms with Gasteiger partial charge in [-0.3, -0.25) is 9.59 Å². The van der Waals surface area contributed by atoms with Crippen molar-refractivity contribution in [2.45, 2.75) is 105 Å². The summed E-state index contributed by atoms with van der Waals surface area (Å²) in [6, 6.07) is 0. The van der Waals surface area contributed by atoms with Crippen molar-refractivity contribution in [2.24, 2.45) is 58.2 Å². The lowest BCUT2D eigenvalue weighted by Gasteiger charge is -2.64. The van der Waals surface area contributed by atoms with Crippen LogP contribution in [0.1, 0.15) is 92.4 Å². The van der Waals surface area contributed by atoms with Crippen LogP contribution < -0.4 is 5.32 Å². The van der Waals surface area contributed by atoms with E-state index in [1.165, 1.54) is 6.42 Å². The molecule has 0 bridgehead atoms. The highest BCUT2D eigenvalue weighted by atomic mass is 16.4. The lowest BCUT2D eigenvalue weighted by Crippen LogP contribution is -2.62. The fraction of sp³-hybridized carbons (Fsp3) is 0.931. The first-order valence-electron chi connectivity index (χ1n) is 14.3. The normalized spacial score (nSPS) is 46.6. The van der Waals surface area contributed by atoms with Crippen LogP contribution in [0.4, 0.5) is 0 Å². The van der Waals surface area contributed by atoms with Gasteiger partial charge in [-0.15, -0.1) is 0 Å². The summed E-state index contributed by atoms with van der Waals surface area (Å²) in [6.07, 6.45) is 8.71. The first-order valence-corrected chi connectivity index (χ1v) is 14.3. The zero-order valence-electron chi connectivity index (χ0n) is 22.5. The van der Waals surface area contributed by atoms with Crippen LogP contribution in [0.3, 0.4) is 0 Å². The van der Waals surface area contributed by atoms with E-state index in [0.717, 1.165) is 51.4 Å². The SMILES string of the molecule is CC[C@H]1[C@H](O)C2C3CC[C@H]([C@@H](C)CC(C)C(=O)NCC(=O)O)[C@@]3(C)CCC2[C@@]2(C)CC[C@@H](O)C[C@@H]12. The third-order valence-electron chi connectivity index (χ3n) is 11.7. The maximum Gasteiger partial charge on any atom is 0.322 e. The summed E-state index contributed by atoms with van der Waals surface area (Å²) in [5.74, 6) is 1.58. The van der Waals surface area contributed by atoms with E-state index in [0.29, 0.717) is 35.5 Å². The van der Waals surface area contributed by atoms with Crippen molar-refractivity contribution in [1.29, 1.82) is 0 Å². The number of amides is 1. The molecular formula is C29H49NO5. The number of carboxylic acids is 1. The van der Waals surface area contributed by atoms with Crippen molar-refractivity contribution >= 4 is 11.9 Å². The van der Waals surface area contributed by atoms with Crippen molar-refractivity contribution in [2.75, 3.05) is 6.54 Å². The van der Waals surface area contributed by atoms with Crippen molar-refractivity contribution in [3.8, 4) is 0 Å². The monoisotopic (exact) mass is 491 g/mol. The summed E-state index contributed by atoms with van der Waals surface area (Å²) in [6.45, 7) is 11.0. The second-order valence-electron chi connectivity index (χ2n) is 13.3. The molecule has 0 aromatic rings. The Kier molecular flexibility index (Phi) is 7.66. The molecule has 6 nitrogen and oxygen atoms in total. The van der Waals surface area contributed by atoms with E-state index in [1.54, 1.807) is 0 Å². The number of aliphatic hydroxyl groups is 2. The van der Waals surface area contributed by atoms with Gasteiger partial charge in [0.15, 0.2) is 0 Å². The molecule has 4 aliphatic rings. The lowest BCUT2D eigenvalue weighted by molar-refractivity contribution is -0.203. The Balaban J connectivity index is 1.52. The summed E-state index contributed by atoms with van der Waals surface area (Å²) >= 11 is 0. The Bertz CT molecular complexity index is 802. The molecule has 0 aromatic carbocycles. The minimum atomic E-state index is -1.01. The summed E-state index contributed by atoms with van der Waals surface area (Å²) in [5, 5.41) is 33.7. The zero-order valence-corrected chi connectivity index (χ0v) is 22.5. The molecule has 1 amide bonds. The highest BCUT2D eigenvalue weighted by Crippen LogP contribution is 2.69. The van der Waals surface area contributed by atoms with E-state index in [2.05, 4.69) is 33.0 Å². The number of fused-ring (bicyclic) bond motifs is 5. The second-order valence-corrected chi connectivity index (χ2v) is 13.3. The minimum Gasteiger partial charge on any atom is -0.480 e. The average Bonchev–Trinajstić information content (AvgIpc) is 3.16. The fourth-order valence-electron chi connectivity index (χ4n) is 10.1. The van der Waals surface area contributed by atoms with E-state index < -0.39 is 5.97 Å². The highest BCUT2D eigenvalue weighted by molar-refractivity contribution is 5.82. The topological polar surface area (TPSA) is 107 Å². The number of carbonyl (C=O) groups excluding carboxylic acids is 1. The van der Waals surface area contributed by atoms with Gasteiger partial charge in [-0.1, -0.05) is 41.0 Å². The standard InChI is InChI=1S/C29H49NO5/c1-6-19-23-14-18(31)9-11-29(23,5)22-10-12-28(4)20(7-8-21(28)25(22)26(19)34)16(2)13-17(3)27(35)30-15-24(32)33/h16-23,25-26,31,34H,6-15H2,1-5H3,(H,30,35)(H,32,33)/t16-,17?,18+,19+,20+,21?,22?,23-,25?,26-,28+,29+/m0/s1. The number of rotatable bonds is 7. The first kappa shape index (κ1) is 26.9. The molecule has 4 saturated carbocycles. The van der Waals surface area contributed by atoms with Crippen LogP contribution in [0.2, 0.25) is 0 Å². The highest BCUT2D eigenvalue weighted by Gasteiger charge is 2.64. The van der Waals surface area contributed by atoms with Crippen molar-refractivity contribution in [3.63, 3.8) is 0 Å². The van der Waals surface area contributed by atoms with Gasteiger partial charge in [0, 0.05) is 5.92 Å². The van der Waals surface area contributed by atoms with Crippen LogP contribution >= 0.6 is 0 Å². The molecule has 200 valence electrons. The van der Waals surface area contributed by atoms with Crippen LogP contribution in [0, 0.1) is 58.2 Å². The van der Waals surface area contributed by atoms with Crippen LogP contribution in [0.15, 0.2) is 0 Å². The molecule has 4 aliphatic carbocycles. The molecule has 0 heterocycles. The predicted octanol–water partition coefficient (Wildman–Crippen LogP) is 4.48. The van der Waals surface area contributed by atoms with Crippen LogP contribution in [-0.4, -0.2) is 45.9 Å². The molecule has 0 aromatic heterocycles. The maximum absolute atomic E-state index is 12.4. The van der Waals surface area contributed by atoms with Crippen LogP contribution in [-0.2, 0) is 9.59 Å². The summed E-state index contributed by atoms with van der Waals surface area (Å²) in [5.41, 5.74) is 0.389. The zero-order chi connectivity index (χ0) is 25.7. The molecule has 4 unspecified atom stereocenters. The third-order valence-corrected chi connectivity index (χ3v) is 11.7. The van der Waals surface area contributed by atoms with E-state index in [-0.39, 0.29) is 47.3 Å². The van der Waals surface area contributed by atoms with Gasteiger partial charge in [0.1, 0.15) is 6.54 Å². The number of nitrogens with one attached hydrogen (secondary N) is 1. The Morgan fingerprint density at radius 3 is 2.29 bits per heavy atom. The van der Waals surface area contributed by atoms with E-state index in [1.807, 2.05) is 6.92 Å². The van der Waals surface area contributed by atoms with Gasteiger partial charge < -0.3 is 20.6 Å². The van der Waals surface area contributed by atoms with Crippen LogP contribution in [0.5, 0.6) is 0 Å². The van der Waals surface area contributed by atoms with Gasteiger partial charge in [0.25, 0.3) is 0 Å². The Morgan fingerprint density at radius 2 is 1.63 bits per heavy atom. The van der Waals surface area contributed by atoms with Gasteiger partial charge in [0.05, 0.1) is 12.2 Å². The number of carboxylic acid groups (broad SMARTS) is 1. The maximum atomic E-state index is 12.4. The molecule has 6 heteroatoms. The van der Waals surface area contributed by atoms with Crippen molar-refractivity contribution < 1.29 is 24.9 Å². The van der Waals surface area contributed by atoms with E-state index in [9.17, 15) is 19.8 Å². The molecule has 4 fully saturated rings. The quantitative estimate of drug-likeness (QED) is 0.420. The van der Waals surface area contributed by atoms with E-state index in [4.69, 9.17) is 5.11 Å². The van der Waals surface area contributed by atoms with E-state index >= 15 is 0 Å². The summed E-state index contributed by atoms with van der Waals surface area (Å²) in [7, 11) is 0. The Hall–Kier alpha value is -1.14. The molecule has 0 radical (unpaired) electrons. The van der Waals surface area contributed by atoms with Gasteiger partial charge >= 0.3 is 5.97 Å². The fourth-order valence-corrected chi connectivity index (χ4v) is 10.1. The van der Waals surface area contributed by atoms with Gasteiger partial charge in [-0.25, -0.2) is 0 Å². The molecule has 0 spiro atoms. The summed E-state index contributed by atoms with van der Waals surface area (Å²) < 4.78 is 0. The number of hydrogen-bond donors (Lipinski definition) is 4. The number of aliphatic carboxylic acids is 1. The molecule has 4 N–H and O–H groups in total. The molecule has 0 aliphatic heterocycles. The third kappa shape index (κ3) is 4.56. The van der Waals surface area contributed by atoms with Gasteiger partial charge in [-0.05, 0) is 104 Å². The van der Waals surface area contributed by atoms with Gasteiger partial charge in [0.2, 0.25) is 5.91 Å². The lowest BCUT2D eigenvalue weighted by atomic mass is 9.41. The molecule has 12 atom stereocenters. The Morgan fingerprint density at radius 1 is 0.971 bits per heavy atom. The van der Waals surface area contributed by atoms with Crippen LogP contribution in [0.25, 0.3) is 0 Å². The molecular weight excluding hydrogens is 442 g/mol. The smallest absolute Gasteiger partial charge is 0.322 e. The van der Waals surface area contributed by atoms with Crippen molar-refractivity contribution in [3.05, 3.63) is 0 Å². The van der Waals surface area contributed by atoms with Gasteiger partial charge in [-0.2, -0.15) is 0 Å². The van der Waals surface area contributed by atoms with Crippen molar-refractivity contribution in [1.82, 2.24) is 5.32 Å². The number of hydrogen-bond acceptors (Lipinski definition) is 4. The predicted molar refractivity (Wildman–Crippen MR) is 135 cm³/mol. The Labute approximate surface area is 211 Å². The molecule has 4 rings (SSSR count). The molecule has 35 heavy (non-hydrogen) atoms. The molecule has 0 saturated heterocycles. The summed E-state index contributed by atoms with van der Waals surface area (Å²) in [4.78, 5) is 23.3. The largest absolute Gasteiger partial charge is 0.480 e. The first-order chi connectivity index (χ1) is 16.4. The number of carbonyl (C=O) groups is 2. The second kappa shape index (κ2) is 9.96.